The fraction of sp³-hybridized carbons (Fsp3) is 0.444. The van der Waals surface area contributed by atoms with Crippen LogP contribution >= 0.6 is 0 Å². The van der Waals surface area contributed by atoms with E-state index in [1.54, 1.807) is 0 Å². The van der Waals surface area contributed by atoms with Gasteiger partial charge in [0, 0.05) is 36.6 Å². The number of hydrogen-bond acceptors (Lipinski definition) is 3. The number of likely N-dealkylation sites (tertiary alicyclic amines) is 1. The number of piperidine rings is 1. The highest BCUT2D eigenvalue weighted by atomic mass is 16.2. The van der Waals surface area contributed by atoms with Gasteiger partial charge in [-0.15, -0.1) is 0 Å². The highest BCUT2D eigenvalue weighted by Crippen LogP contribution is 2.22. The lowest BCUT2D eigenvalue weighted by molar-refractivity contribution is -0.134. The molecule has 2 aromatic rings. The van der Waals surface area contributed by atoms with Crippen LogP contribution in [-0.2, 0) is 16.0 Å². The van der Waals surface area contributed by atoms with Crippen LogP contribution in [0.2, 0.25) is 0 Å². The molecule has 0 bridgehead atoms. The second-order valence-corrected chi connectivity index (χ2v) is 6.61. The molecule has 6 heteroatoms. The molecule has 0 radical (unpaired) electrons. The zero-order chi connectivity index (χ0) is 17.1. The van der Waals surface area contributed by atoms with Gasteiger partial charge in [-0.3, -0.25) is 9.59 Å². The number of aromatic amines is 1. The fourth-order valence-electron chi connectivity index (χ4n) is 3.50. The van der Waals surface area contributed by atoms with Gasteiger partial charge in [0.1, 0.15) is 0 Å². The summed E-state index contributed by atoms with van der Waals surface area (Å²) in [5, 5.41) is 1.11. The number of nitrogens with one attached hydrogen (secondary N) is 1. The number of nitrogens with two attached hydrogens (primary N) is 2. The number of amides is 2. The molecule has 0 unspecified atom stereocenters. The van der Waals surface area contributed by atoms with Gasteiger partial charge in [0.25, 0.3) is 0 Å². The molecule has 2 heterocycles. The van der Waals surface area contributed by atoms with Crippen molar-refractivity contribution >= 4 is 22.7 Å². The number of rotatable bonds is 5. The fourth-order valence-corrected chi connectivity index (χ4v) is 3.50. The monoisotopic (exact) mass is 328 g/mol. The highest BCUT2D eigenvalue weighted by molar-refractivity contribution is 5.86. The third kappa shape index (κ3) is 3.59. The van der Waals surface area contributed by atoms with Crippen LogP contribution in [0.1, 0.15) is 24.8 Å². The lowest BCUT2D eigenvalue weighted by atomic mass is 9.92. The Morgan fingerprint density at radius 1 is 1.25 bits per heavy atom. The van der Waals surface area contributed by atoms with Crippen molar-refractivity contribution in [2.24, 2.45) is 17.4 Å². The summed E-state index contributed by atoms with van der Waals surface area (Å²) in [5.74, 6) is 0.00464. The van der Waals surface area contributed by atoms with Crippen LogP contribution in [-0.4, -0.2) is 40.8 Å². The maximum atomic E-state index is 12.6. The Kier molecular flexibility index (Phi) is 4.85. The van der Waals surface area contributed by atoms with Gasteiger partial charge in [0.15, 0.2) is 0 Å². The van der Waals surface area contributed by atoms with Crippen molar-refractivity contribution < 1.29 is 9.59 Å². The highest BCUT2D eigenvalue weighted by Gasteiger charge is 2.27. The molecule has 24 heavy (non-hydrogen) atoms. The number of primary amides is 1. The van der Waals surface area contributed by atoms with E-state index >= 15 is 0 Å². The summed E-state index contributed by atoms with van der Waals surface area (Å²) in [4.78, 5) is 28.6. The minimum absolute atomic E-state index is 0.0159. The van der Waals surface area contributed by atoms with E-state index in [0.29, 0.717) is 25.9 Å². The molecule has 3 rings (SSSR count). The summed E-state index contributed by atoms with van der Waals surface area (Å²) < 4.78 is 0. The van der Waals surface area contributed by atoms with Crippen molar-refractivity contribution in [1.82, 2.24) is 9.88 Å². The van der Waals surface area contributed by atoms with Gasteiger partial charge in [-0.05, 0) is 36.8 Å². The largest absolute Gasteiger partial charge is 0.370 e. The molecule has 2 amide bonds. The van der Waals surface area contributed by atoms with Gasteiger partial charge >= 0.3 is 0 Å². The predicted octanol–water partition coefficient (Wildman–Crippen LogP) is 1.15. The molecule has 0 spiro atoms. The van der Waals surface area contributed by atoms with Crippen LogP contribution in [0.15, 0.2) is 30.5 Å². The zero-order valence-corrected chi connectivity index (χ0v) is 13.7. The van der Waals surface area contributed by atoms with Crippen molar-refractivity contribution in [1.29, 1.82) is 0 Å². The molecule has 0 aliphatic carbocycles. The summed E-state index contributed by atoms with van der Waals surface area (Å²) >= 11 is 0. The van der Waals surface area contributed by atoms with E-state index in [1.807, 2.05) is 35.4 Å². The SMILES string of the molecule is NC(=O)CC1CCN(C(=O)[C@@H](N)Cc2c[nH]c3ccccc23)CC1. The Balaban J connectivity index is 1.58. The second-order valence-electron chi connectivity index (χ2n) is 6.61. The molecular weight excluding hydrogens is 304 g/mol. The standard InChI is InChI=1S/C18H24N4O2/c19-15(10-13-11-21-16-4-2-1-3-14(13)16)18(24)22-7-5-12(6-8-22)9-17(20)23/h1-4,11-12,15,21H,5-10,19H2,(H2,20,23)/t15-/m0/s1. The second kappa shape index (κ2) is 7.05. The molecule has 128 valence electrons. The maximum absolute atomic E-state index is 12.6. The molecule has 1 atom stereocenters. The van der Waals surface area contributed by atoms with E-state index in [2.05, 4.69) is 4.98 Å². The maximum Gasteiger partial charge on any atom is 0.239 e. The van der Waals surface area contributed by atoms with Gasteiger partial charge in [-0.1, -0.05) is 18.2 Å². The van der Waals surface area contributed by atoms with E-state index < -0.39 is 6.04 Å². The molecule has 0 saturated carbocycles. The van der Waals surface area contributed by atoms with Crippen LogP contribution in [0.3, 0.4) is 0 Å². The number of fused-ring (bicyclic) bond motifs is 1. The van der Waals surface area contributed by atoms with Gasteiger partial charge in [-0.2, -0.15) is 0 Å². The first kappa shape index (κ1) is 16.5. The van der Waals surface area contributed by atoms with Gasteiger partial charge < -0.3 is 21.4 Å². The lowest BCUT2D eigenvalue weighted by Crippen LogP contribution is -2.48. The first-order valence-electron chi connectivity index (χ1n) is 8.42. The number of H-pyrrole nitrogens is 1. The summed E-state index contributed by atoms with van der Waals surface area (Å²) in [6, 6.07) is 7.46. The lowest BCUT2D eigenvalue weighted by Gasteiger charge is -2.33. The van der Waals surface area contributed by atoms with Crippen molar-refractivity contribution in [3.05, 3.63) is 36.0 Å². The molecule has 1 aromatic heterocycles. The molecule has 5 N–H and O–H groups in total. The summed E-state index contributed by atoms with van der Waals surface area (Å²) in [6.45, 7) is 1.30. The number of nitrogens with zero attached hydrogens (tertiary/aromatic N) is 1. The topological polar surface area (TPSA) is 105 Å². The third-order valence-corrected chi connectivity index (χ3v) is 4.85. The first-order valence-corrected chi connectivity index (χ1v) is 8.42. The van der Waals surface area contributed by atoms with Crippen LogP contribution in [0.25, 0.3) is 10.9 Å². The van der Waals surface area contributed by atoms with E-state index in [4.69, 9.17) is 11.5 Å². The number of carbonyl (C=O) groups is 2. The average molecular weight is 328 g/mol. The molecule has 1 aliphatic heterocycles. The van der Waals surface area contributed by atoms with E-state index in [9.17, 15) is 9.59 Å². The van der Waals surface area contributed by atoms with E-state index in [-0.39, 0.29) is 17.7 Å². The smallest absolute Gasteiger partial charge is 0.239 e. The molecule has 1 aliphatic rings. The molecule has 1 aromatic carbocycles. The Labute approximate surface area is 141 Å². The van der Waals surface area contributed by atoms with Gasteiger partial charge in [-0.25, -0.2) is 0 Å². The Bertz CT molecular complexity index is 731. The van der Waals surface area contributed by atoms with Gasteiger partial charge in [0.05, 0.1) is 6.04 Å². The van der Waals surface area contributed by atoms with Crippen LogP contribution in [0.5, 0.6) is 0 Å². The van der Waals surface area contributed by atoms with E-state index in [0.717, 1.165) is 29.3 Å². The number of benzene rings is 1. The molecule has 1 fully saturated rings. The molecule has 6 nitrogen and oxygen atoms in total. The Hall–Kier alpha value is -2.34. The van der Waals surface area contributed by atoms with Crippen LogP contribution < -0.4 is 11.5 Å². The van der Waals surface area contributed by atoms with Crippen molar-refractivity contribution in [3.8, 4) is 0 Å². The number of para-hydroxylation sites is 1. The predicted molar refractivity (Wildman–Crippen MR) is 93.1 cm³/mol. The number of aromatic nitrogens is 1. The summed E-state index contributed by atoms with van der Waals surface area (Å²) in [5.41, 5.74) is 13.5. The molecular formula is C18H24N4O2. The molecule has 1 saturated heterocycles. The van der Waals surface area contributed by atoms with E-state index in [1.165, 1.54) is 0 Å². The Morgan fingerprint density at radius 2 is 1.96 bits per heavy atom. The number of carbonyl (C=O) groups excluding carboxylic acids is 2. The minimum atomic E-state index is -0.545. The zero-order valence-electron chi connectivity index (χ0n) is 13.7. The normalized spacial score (nSPS) is 17.1. The van der Waals surface area contributed by atoms with Crippen molar-refractivity contribution in [2.45, 2.75) is 31.7 Å². The van der Waals surface area contributed by atoms with Crippen molar-refractivity contribution in [3.63, 3.8) is 0 Å². The van der Waals surface area contributed by atoms with Crippen LogP contribution in [0.4, 0.5) is 0 Å². The van der Waals surface area contributed by atoms with Gasteiger partial charge in [0.2, 0.25) is 11.8 Å². The van der Waals surface area contributed by atoms with Crippen LogP contribution in [0, 0.1) is 5.92 Å². The minimum Gasteiger partial charge on any atom is -0.370 e. The Morgan fingerprint density at radius 3 is 2.67 bits per heavy atom. The number of hydrogen-bond donors (Lipinski definition) is 3. The third-order valence-electron chi connectivity index (χ3n) is 4.85. The summed E-state index contributed by atoms with van der Waals surface area (Å²) in [6.07, 6.45) is 4.48. The average Bonchev–Trinajstić information content (AvgIpc) is 2.97. The summed E-state index contributed by atoms with van der Waals surface area (Å²) in [7, 11) is 0. The van der Waals surface area contributed by atoms with Crippen molar-refractivity contribution in [2.75, 3.05) is 13.1 Å². The first-order chi connectivity index (χ1) is 11.5. The quantitative estimate of drug-likeness (QED) is 0.766.